The van der Waals surface area contributed by atoms with Crippen LogP contribution >= 0.6 is 0 Å². The van der Waals surface area contributed by atoms with Gasteiger partial charge in [0.1, 0.15) is 24.6 Å². The Morgan fingerprint density at radius 2 is 1.93 bits per heavy atom. The number of hydrogen-bond acceptors (Lipinski definition) is 6. The van der Waals surface area contributed by atoms with Gasteiger partial charge in [0.25, 0.3) is 0 Å². The summed E-state index contributed by atoms with van der Waals surface area (Å²) in [4.78, 5) is 23.2. The molecule has 1 saturated heterocycles. The van der Waals surface area contributed by atoms with Gasteiger partial charge in [0.05, 0.1) is 12.7 Å². The van der Waals surface area contributed by atoms with Crippen LogP contribution in [0.15, 0.2) is 67.1 Å². The summed E-state index contributed by atoms with van der Waals surface area (Å²) in [6, 6.07) is 14.2. The zero-order valence-electron chi connectivity index (χ0n) is 21.4. The molecule has 4 heterocycles. The zero-order valence-corrected chi connectivity index (χ0v) is 21.4. The van der Waals surface area contributed by atoms with Gasteiger partial charge in [-0.3, -0.25) is 5.10 Å². The fourth-order valence-electron chi connectivity index (χ4n) is 5.05. The average Bonchev–Trinajstić information content (AvgIpc) is 3.69. The predicted molar refractivity (Wildman–Crippen MR) is 141 cm³/mol. The van der Waals surface area contributed by atoms with Gasteiger partial charge in [0, 0.05) is 46.8 Å². The normalized spacial score (nSPS) is 20.4. The number of carbonyl (C=O) groups excluding carboxylic acids is 1. The van der Waals surface area contributed by atoms with E-state index >= 15 is 0 Å². The molecule has 2 amide bonds. The third kappa shape index (κ3) is 4.60. The lowest BCUT2D eigenvalue weighted by Crippen LogP contribution is -2.48. The standard InChI is InChI=1S/C28H24F3N7O2/c1-17-23-12-19(2-3-20(23)15-38(17)26(39)37-11-9-27(40,16-37)28(29,30)31)25-32-10-8-24(36-25)35-22-6-4-18(5-7-22)21-13-33-34-14-21/h2-8,10,12-15,17,40H,9,11,16H2,1H3,(H,32,36)/p+1. The van der Waals surface area contributed by atoms with Crippen molar-refractivity contribution in [1.82, 2.24) is 25.1 Å². The molecule has 0 bridgehead atoms. The third-order valence-corrected chi connectivity index (χ3v) is 7.40. The maximum Gasteiger partial charge on any atom is 0.493 e. The number of nitrogens with zero attached hydrogens (tertiary/aromatic N) is 5. The number of aromatic nitrogens is 4. The maximum atomic E-state index is 13.2. The first kappa shape index (κ1) is 25.7. The van der Waals surface area contributed by atoms with Crippen LogP contribution in [0.25, 0.3) is 22.5 Å². The molecule has 1 fully saturated rings. The lowest BCUT2D eigenvalue weighted by Gasteiger charge is -2.23. The lowest BCUT2D eigenvalue weighted by atomic mass is 10.0. The van der Waals surface area contributed by atoms with E-state index in [0.717, 1.165) is 38.4 Å². The highest BCUT2D eigenvalue weighted by Crippen LogP contribution is 2.38. The van der Waals surface area contributed by atoms with Gasteiger partial charge >= 0.3 is 12.2 Å². The number of likely N-dealkylation sites (tertiary alicyclic amines) is 1. The van der Waals surface area contributed by atoms with Gasteiger partial charge in [-0.1, -0.05) is 24.3 Å². The van der Waals surface area contributed by atoms with Crippen molar-refractivity contribution < 1.29 is 27.6 Å². The minimum atomic E-state index is -4.80. The molecule has 0 aliphatic carbocycles. The van der Waals surface area contributed by atoms with E-state index in [0.29, 0.717) is 11.6 Å². The largest absolute Gasteiger partial charge is 0.493 e. The number of aliphatic hydroxyl groups is 1. The van der Waals surface area contributed by atoms with Crippen LogP contribution in [0.5, 0.6) is 0 Å². The van der Waals surface area contributed by atoms with Crippen molar-refractivity contribution in [2.75, 3.05) is 18.4 Å². The number of carbonyl (C=O) groups is 1. The fourth-order valence-corrected chi connectivity index (χ4v) is 5.05. The molecule has 3 N–H and O–H groups in total. The highest BCUT2D eigenvalue weighted by molar-refractivity contribution is 5.87. The van der Waals surface area contributed by atoms with Crippen LogP contribution in [-0.4, -0.2) is 71.9 Å². The molecule has 2 atom stereocenters. The molecular formula is C28H25F3N7O2+. The van der Waals surface area contributed by atoms with Gasteiger partial charge in [-0.25, -0.2) is 14.9 Å². The summed E-state index contributed by atoms with van der Waals surface area (Å²) in [5.74, 6) is 1.08. The van der Waals surface area contributed by atoms with E-state index in [1.807, 2.05) is 55.6 Å². The number of urea groups is 1. The van der Waals surface area contributed by atoms with Gasteiger partial charge in [-0.05, 0) is 36.8 Å². The second-order valence-electron chi connectivity index (χ2n) is 9.99. The Kier molecular flexibility index (Phi) is 6.14. The zero-order chi connectivity index (χ0) is 28.1. The fraction of sp³-hybridized carbons (Fsp3) is 0.250. The van der Waals surface area contributed by atoms with E-state index in [2.05, 4.69) is 25.5 Å². The molecule has 2 aromatic heterocycles. The van der Waals surface area contributed by atoms with E-state index in [1.54, 1.807) is 24.7 Å². The number of halogens is 3. The van der Waals surface area contributed by atoms with Crippen LogP contribution in [-0.2, 0) is 0 Å². The molecule has 2 aromatic carbocycles. The number of aromatic amines is 1. The van der Waals surface area contributed by atoms with Crippen molar-refractivity contribution in [2.24, 2.45) is 0 Å². The summed E-state index contributed by atoms with van der Waals surface area (Å²) < 4.78 is 41.1. The Bertz CT molecular complexity index is 1600. The number of nitrogens with one attached hydrogen (secondary N) is 2. The first-order valence-corrected chi connectivity index (χ1v) is 12.7. The highest BCUT2D eigenvalue weighted by Gasteiger charge is 2.61. The summed E-state index contributed by atoms with van der Waals surface area (Å²) in [5, 5.41) is 20.0. The second-order valence-corrected chi connectivity index (χ2v) is 9.99. The number of rotatable bonds is 4. The summed E-state index contributed by atoms with van der Waals surface area (Å²) in [6.45, 7) is 0.850. The van der Waals surface area contributed by atoms with Crippen molar-refractivity contribution in [3.05, 3.63) is 78.2 Å². The number of fused-ring (bicyclic) bond motifs is 1. The predicted octanol–water partition coefficient (Wildman–Crippen LogP) is 4.90. The summed E-state index contributed by atoms with van der Waals surface area (Å²) in [6.07, 6.45) is 1.51. The minimum absolute atomic E-state index is 0.173. The third-order valence-electron chi connectivity index (χ3n) is 7.40. The molecule has 6 rings (SSSR count). The Hall–Kier alpha value is -4.58. The molecule has 0 saturated carbocycles. The lowest BCUT2D eigenvalue weighted by molar-refractivity contribution is -0.471. The smallest absolute Gasteiger partial charge is 0.377 e. The van der Waals surface area contributed by atoms with Crippen molar-refractivity contribution in [3.63, 3.8) is 0 Å². The van der Waals surface area contributed by atoms with Crippen LogP contribution in [0.4, 0.5) is 29.5 Å². The van der Waals surface area contributed by atoms with Crippen molar-refractivity contribution >= 4 is 23.8 Å². The highest BCUT2D eigenvalue weighted by atomic mass is 19.4. The molecule has 12 heteroatoms. The van der Waals surface area contributed by atoms with Gasteiger partial charge < -0.3 is 10.4 Å². The van der Waals surface area contributed by atoms with Crippen LogP contribution in [0, 0.1) is 0 Å². The Labute approximate surface area is 227 Å². The molecule has 2 unspecified atom stereocenters. The Morgan fingerprint density at radius 1 is 1.15 bits per heavy atom. The molecule has 204 valence electrons. The van der Waals surface area contributed by atoms with Gasteiger partial charge in [-0.15, -0.1) is 0 Å². The topological polar surface area (TPSA) is 110 Å². The van der Waals surface area contributed by atoms with E-state index < -0.39 is 36.8 Å². The quantitative estimate of drug-likeness (QED) is 0.313. The van der Waals surface area contributed by atoms with Crippen molar-refractivity contribution in [1.29, 1.82) is 0 Å². The van der Waals surface area contributed by atoms with Crippen LogP contribution in [0.1, 0.15) is 30.5 Å². The first-order valence-electron chi connectivity index (χ1n) is 12.7. The Morgan fingerprint density at radius 3 is 2.62 bits per heavy atom. The molecular weight excluding hydrogens is 523 g/mol. The van der Waals surface area contributed by atoms with Gasteiger partial charge in [0.2, 0.25) is 5.60 Å². The molecule has 9 nitrogen and oxygen atoms in total. The number of hydrogen-bond donors (Lipinski definition) is 3. The Balaban J connectivity index is 1.17. The summed E-state index contributed by atoms with van der Waals surface area (Å²) in [5.41, 5.74) is 2.32. The van der Waals surface area contributed by atoms with Crippen LogP contribution in [0.3, 0.4) is 0 Å². The number of benzene rings is 2. The summed E-state index contributed by atoms with van der Waals surface area (Å²) >= 11 is 0. The molecule has 0 spiro atoms. The van der Waals surface area contributed by atoms with Gasteiger partial charge in [0.15, 0.2) is 5.82 Å². The van der Waals surface area contributed by atoms with Crippen molar-refractivity contribution in [2.45, 2.75) is 31.2 Å². The number of anilines is 2. The van der Waals surface area contributed by atoms with E-state index in [1.165, 1.54) is 4.58 Å². The SMILES string of the molecule is CC1c2cc(-c3nccc(Nc4ccc(-c5cn[nH]c5)cc4)n3)ccc2C=[N+]1C(=O)N1CCC(O)(C(F)(F)F)C1. The number of amides is 2. The molecule has 40 heavy (non-hydrogen) atoms. The molecule has 4 aromatic rings. The average molecular weight is 549 g/mol. The minimum Gasteiger partial charge on any atom is -0.377 e. The van der Waals surface area contributed by atoms with Crippen LogP contribution in [0.2, 0.25) is 0 Å². The maximum absolute atomic E-state index is 13.2. The van der Waals surface area contributed by atoms with E-state index in [9.17, 15) is 23.1 Å². The van der Waals surface area contributed by atoms with Crippen LogP contribution < -0.4 is 5.32 Å². The van der Waals surface area contributed by atoms with E-state index in [-0.39, 0.29) is 6.54 Å². The summed E-state index contributed by atoms with van der Waals surface area (Å²) in [7, 11) is 0. The monoisotopic (exact) mass is 548 g/mol. The molecule has 2 aliphatic rings. The van der Waals surface area contributed by atoms with Gasteiger partial charge in [-0.2, -0.15) is 27.6 Å². The van der Waals surface area contributed by atoms with Crippen molar-refractivity contribution in [3.8, 4) is 22.5 Å². The molecule has 0 radical (unpaired) electrons. The number of alkyl halides is 3. The number of H-pyrrole nitrogens is 1. The number of β-amino-alcohol motifs (C(OH)–C–C–N with tert-alkyl or cyclic N) is 1. The van der Waals surface area contributed by atoms with E-state index in [4.69, 9.17) is 0 Å². The molecule has 2 aliphatic heterocycles. The first-order chi connectivity index (χ1) is 19.1. The second kappa shape index (κ2) is 9.56.